The number of rotatable bonds is 5. The van der Waals surface area contributed by atoms with Crippen molar-refractivity contribution < 1.29 is 14.4 Å². The highest BCUT2D eigenvalue weighted by molar-refractivity contribution is 5.58. The zero-order valence-corrected chi connectivity index (χ0v) is 8.97. The molecule has 0 unspecified atom stereocenters. The van der Waals surface area contributed by atoms with E-state index in [0.717, 1.165) is 0 Å². The summed E-state index contributed by atoms with van der Waals surface area (Å²) in [4.78, 5) is 17.7. The Morgan fingerprint density at radius 3 is 2.69 bits per heavy atom. The minimum absolute atomic E-state index is 0.113. The Kier molecular flexibility index (Phi) is 3.95. The van der Waals surface area contributed by atoms with Crippen LogP contribution < -0.4 is 10.5 Å². The number of nitrogen functional groups attached to an aromatic ring is 1. The molecule has 1 aromatic rings. The molecule has 0 aliphatic carbocycles. The van der Waals surface area contributed by atoms with Crippen LogP contribution in [0.4, 0.5) is 11.5 Å². The summed E-state index contributed by atoms with van der Waals surface area (Å²) in [5.41, 5.74) is 5.04. The Morgan fingerprint density at radius 2 is 2.19 bits per heavy atom. The van der Waals surface area contributed by atoms with Crippen LogP contribution in [-0.2, 0) is 11.3 Å². The molecule has 16 heavy (non-hydrogen) atoms. The van der Waals surface area contributed by atoms with Crippen molar-refractivity contribution >= 4 is 11.5 Å². The van der Waals surface area contributed by atoms with Crippen molar-refractivity contribution in [3.63, 3.8) is 0 Å². The number of hydrogen-bond acceptors (Lipinski definition) is 7. The largest absolute Gasteiger partial charge is 0.473 e. The molecule has 1 rings (SSSR count). The zero-order valence-electron chi connectivity index (χ0n) is 8.97. The standard InChI is InChI=1S/C8H12N4O4/c1-3-16-8-6(12(13)14)7(9)10-5(11-8)4-15-2/h3-4H2,1-2H3,(H2,9,10,11). The number of anilines is 1. The van der Waals surface area contributed by atoms with Gasteiger partial charge in [-0.05, 0) is 6.92 Å². The SMILES string of the molecule is CCOc1nc(COC)nc(N)c1[N+](=O)[O-]. The molecule has 0 aliphatic heterocycles. The molecule has 0 saturated carbocycles. The van der Waals surface area contributed by atoms with Crippen molar-refractivity contribution in [3.8, 4) is 5.88 Å². The number of aromatic nitrogens is 2. The lowest BCUT2D eigenvalue weighted by Gasteiger charge is -2.06. The van der Waals surface area contributed by atoms with E-state index in [1.54, 1.807) is 6.92 Å². The second-order valence-electron chi connectivity index (χ2n) is 2.80. The van der Waals surface area contributed by atoms with Gasteiger partial charge in [0.1, 0.15) is 6.61 Å². The zero-order chi connectivity index (χ0) is 12.1. The van der Waals surface area contributed by atoms with Crippen LogP contribution >= 0.6 is 0 Å². The molecule has 0 amide bonds. The fourth-order valence-electron chi connectivity index (χ4n) is 1.10. The minimum Gasteiger partial charge on any atom is -0.473 e. The Hall–Kier alpha value is -1.96. The van der Waals surface area contributed by atoms with Crippen molar-refractivity contribution in [2.75, 3.05) is 19.5 Å². The maximum atomic E-state index is 10.7. The lowest BCUT2D eigenvalue weighted by molar-refractivity contribution is -0.385. The van der Waals surface area contributed by atoms with Crippen LogP contribution in [0.5, 0.6) is 5.88 Å². The summed E-state index contributed by atoms with van der Waals surface area (Å²) in [6.07, 6.45) is 0. The average Bonchev–Trinajstić information content (AvgIpc) is 2.17. The van der Waals surface area contributed by atoms with Gasteiger partial charge in [0, 0.05) is 7.11 Å². The molecule has 0 spiro atoms. The van der Waals surface area contributed by atoms with Crippen molar-refractivity contribution in [2.24, 2.45) is 0 Å². The molecule has 0 fully saturated rings. The van der Waals surface area contributed by atoms with Gasteiger partial charge in [-0.15, -0.1) is 0 Å². The van der Waals surface area contributed by atoms with E-state index in [1.807, 2.05) is 0 Å². The van der Waals surface area contributed by atoms with Crippen LogP contribution in [0.15, 0.2) is 0 Å². The fraction of sp³-hybridized carbons (Fsp3) is 0.500. The Labute approximate surface area is 91.6 Å². The lowest BCUT2D eigenvalue weighted by Crippen LogP contribution is -2.09. The van der Waals surface area contributed by atoms with E-state index in [2.05, 4.69) is 9.97 Å². The van der Waals surface area contributed by atoms with Gasteiger partial charge < -0.3 is 15.2 Å². The van der Waals surface area contributed by atoms with Gasteiger partial charge in [0.25, 0.3) is 5.88 Å². The molecule has 8 nitrogen and oxygen atoms in total. The quantitative estimate of drug-likeness (QED) is 0.576. The van der Waals surface area contributed by atoms with E-state index >= 15 is 0 Å². The molecule has 0 saturated heterocycles. The van der Waals surface area contributed by atoms with Crippen LogP contribution in [0.2, 0.25) is 0 Å². The summed E-state index contributed by atoms with van der Waals surface area (Å²) >= 11 is 0. The smallest absolute Gasteiger partial charge is 0.372 e. The average molecular weight is 228 g/mol. The summed E-state index contributed by atoms with van der Waals surface area (Å²) in [5, 5.41) is 10.7. The van der Waals surface area contributed by atoms with Gasteiger partial charge in [0.15, 0.2) is 5.82 Å². The fourth-order valence-corrected chi connectivity index (χ4v) is 1.10. The predicted molar refractivity (Wildman–Crippen MR) is 55.0 cm³/mol. The Bertz CT molecular complexity index is 396. The maximum Gasteiger partial charge on any atom is 0.372 e. The van der Waals surface area contributed by atoms with Crippen LogP contribution in [0.3, 0.4) is 0 Å². The monoisotopic (exact) mass is 228 g/mol. The number of methoxy groups -OCH3 is 1. The van der Waals surface area contributed by atoms with Crippen molar-refractivity contribution in [3.05, 3.63) is 15.9 Å². The van der Waals surface area contributed by atoms with Crippen LogP contribution in [0.25, 0.3) is 0 Å². The number of nitrogens with zero attached hydrogens (tertiary/aromatic N) is 3. The summed E-state index contributed by atoms with van der Waals surface area (Å²) in [5.74, 6) is -0.114. The summed E-state index contributed by atoms with van der Waals surface area (Å²) in [7, 11) is 1.46. The van der Waals surface area contributed by atoms with E-state index in [1.165, 1.54) is 7.11 Å². The Balaban J connectivity index is 3.21. The Morgan fingerprint density at radius 1 is 1.50 bits per heavy atom. The molecule has 8 heteroatoms. The summed E-state index contributed by atoms with van der Waals surface area (Å²) in [6.45, 7) is 2.06. The number of nitro groups is 1. The first-order valence-electron chi connectivity index (χ1n) is 4.52. The molecule has 1 heterocycles. The number of nitrogens with two attached hydrogens (primary N) is 1. The molecule has 0 bridgehead atoms. The van der Waals surface area contributed by atoms with Crippen LogP contribution in [0.1, 0.15) is 12.7 Å². The third kappa shape index (κ3) is 2.54. The topological polar surface area (TPSA) is 113 Å². The van der Waals surface area contributed by atoms with Gasteiger partial charge in [0.05, 0.1) is 11.5 Å². The molecule has 0 aromatic carbocycles. The highest BCUT2D eigenvalue weighted by Crippen LogP contribution is 2.29. The van der Waals surface area contributed by atoms with Gasteiger partial charge >= 0.3 is 5.69 Å². The number of hydrogen-bond donors (Lipinski definition) is 1. The maximum absolute atomic E-state index is 10.7. The summed E-state index contributed by atoms with van der Waals surface area (Å²) < 4.78 is 9.85. The molecule has 1 aromatic heterocycles. The van der Waals surface area contributed by atoms with Crippen molar-refractivity contribution in [1.29, 1.82) is 0 Å². The lowest BCUT2D eigenvalue weighted by atomic mass is 10.4. The highest BCUT2D eigenvalue weighted by atomic mass is 16.6. The molecular weight excluding hydrogens is 216 g/mol. The highest BCUT2D eigenvalue weighted by Gasteiger charge is 2.24. The van der Waals surface area contributed by atoms with Crippen LogP contribution in [-0.4, -0.2) is 28.6 Å². The molecule has 2 N–H and O–H groups in total. The van der Waals surface area contributed by atoms with E-state index in [4.69, 9.17) is 15.2 Å². The molecule has 0 atom stereocenters. The summed E-state index contributed by atoms with van der Waals surface area (Å²) in [6, 6.07) is 0. The van der Waals surface area contributed by atoms with E-state index in [-0.39, 0.29) is 30.7 Å². The minimum atomic E-state index is -0.670. The van der Waals surface area contributed by atoms with Gasteiger partial charge in [0.2, 0.25) is 5.82 Å². The third-order valence-corrected chi connectivity index (χ3v) is 1.66. The molecule has 0 radical (unpaired) electrons. The van der Waals surface area contributed by atoms with Gasteiger partial charge in [-0.25, -0.2) is 4.98 Å². The van der Waals surface area contributed by atoms with Gasteiger partial charge in [-0.1, -0.05) is 0 Å². The number of ether oxygens (including phenoxy) is 2. The second kappa shape index (κ2) is 5.21. The van der Waals surface area contributed by atoms with Gasteiger partial charge in [-0.3, -0.25) is 10.1 Å². The van der Waals surface area contributed by atoms with Crippen molar-refractivity contribution in [1.82, 2.24) is 9.97 Å². The first-order valence-corrected chi connectivity index (χ1v) is 4.52. The molecular formula is C8H12N4O4. The molecule has 0 aliphatic rings. The van der Waals surface area contributed by atoms with Gasteiger partial charge in [-0.2, -0.15) is 4.98 Å². The first-order chi connectivity index (χ1) is 7.60. The normalized spacial score (nSPS) is 10.1. The predicted octanol–water partition coefficient (Wildman–Crippen LogP) is 0.512. The van der Waals surface area contributed by atoms with E-state index in [9.17, 15) is 10.1 Å². The van der Waals surface area contributed by atoms with Crippen molar-refractivity contribution in [2.45, 2.75) is 13.5 Å². The first kappa shape index (κ1) is 12.1. The third-order valence-electron chi connectivity index (χ3n) is 1.66. The van der Waals surface area contributed by atoms with E-state index < -0.39 is 10.6 Å². The second-order valence-corrected chi connectivity index (χ2v) is 2.80. The van der Waals surface area contributed by atoms with Crippen LogP contribution in [0, 0.1) is 10.1 Å². The van der Waals surface area contributed by atoms with E-state index in [0.29, 0.717) is 0 Å². The molecule has 88 valence electrons.